The number of furan rings is 1. The summed E-state index contributed by atoms with van der Waals surface area (Å²) in [6, 6.07) is 9.25. The Balaban J connectivity index is 2.30. The molecule has 2 rings (SSSR count). The van der Waals surface area contributed by atoms with Gasteiger partial charge in [-0.2, -0.15) is 0 Å². The fourth-order valence-electron chi connectivity index (χ4n) is 1.66. The fraction of sp³-hybridized carbons (Fsp3) is 0.200. The molecule has 0 saturated carbocycles. The van der Waals surface area contributed by atoms with Gasteiger partial charge in [0.2, 0.25) is 0 Å². The van der Waals surface area contributed by atoms with E-state index in [9.17, 15) is 5.11 Å². The van der Waals surface area contributed by atoms with Crippen LogP contribution in [0.3, 0.4) is 0 Å². The van der Waals surface area contributed by atoms with E-state index in [0.717, 1.165) is 29.7 Å². The summed E-state index contributed by atoms with van der Waals surface area (Å²) in [5, 5.41) is 9.75. The van der Waals surface area contributed by atoms with Crippen molar-refractivity contribution >= 4 is 6.08 Å². The van der Waals surface area contributed by atoms with Crippen LogP contribution in [-0.2, 0) is 0 Å². The molecule has 0 radical (unpaired) electrons. The van der Waals surface area contributed by atoms with E-state index in [0.29, 0.717) is 5.75 Å². The Kier molecular flexibility index (Phi) is 3.66. The molecule has 1 N–H and O–H groups in total. The maximum absolute atomic E-state index is 9.75. The summed E-state index contributed by atoms with van der Waals surface area (Å²) in [5.41, 5.74) is 1.80. The summed E-state index contributed by atoms with van der Waals surface area (Å²) in [5.74, 6) is 1.11. The molecule has 1 aromatic heterocycles. The van der Waals surface area contributed by atoms with Crippen LogP contribution in [0.4, 0.5) is 0 Å². The Labute approximate surface area is 101 Å². The second-order valence-corrected chi connectivity index (χ2v) is 3.94. The third-order valence-corrected chi connectivity index (χ3v) is 2.59. The van der Waals surface area contributed by atoms with Crippen molar-refractivity contribution in [1.82, 2.24) is 0 Å². The lowest BCUT2D eigenvalue weighted by Gasteiger charge is -2.02. The zero-order chi connectivity index (χ0) is 12.1. The van der Waals surface area contributed by atoms with Gasteiger partial charge in [0, 0.05) is 11.1 Å². The molecule has 1 aromatic carbocycles. The number of allylic oxidation sites excluding steroid dienone is 1. The van der Waals surface area contributed by atoms with E-state index in [-0.39, 0.29) is 0 Å². The van der Waals surface area contributed by atoms with Gasteiger partial charge in [-0.3, -0.25) is 0 Å². The molecule has 0 saturated heterocycles. The minimum absolute atomic E-state index is 0.299. The van der Waals surface area contributed by atoms with Crippen LogP contribution in [0.15, 0.2) is 47.1 Å². The highest BCUT2D eigenvalue weighted by Gasteiger charge is 2.03. The van der Waals surface area contributed by atoms with Crippen LogP contribution in [0.25, 0.3) is 17.4 Å². The third kappa shape index (κ3) is 2.78. The molecular formula is C15H16O2. The Morgan fingerprint density at radius 1 is 1.29 bits per heavy atom. The zero-order valence-electron chi connectivity index (χ0n) is 9.89. The van der Waals surface area contributed by atoms with E-state index in [1.54, 1.807) is 12.3 Å². The first kappa shape index (κ1) is 11.5. The molecule has 1 heterocycles. The van der Waals surface area contributed by atoms with Crippen molar-refractivity contribution in [3.05, 3.63) is 48.2 Å². The SMILES string of the molecule is CCC/C=C\c1cc(-c2ccco2)ccc1O. The molecule has 0 aliphatic carbocycles. The zero-order valence-corrected chi connectivity index (χ0v) is 9.89. The highest BCUT2D eigenvalue weighted by molar-refractivity contribution is 5.67. The normalized spacial score (nSPS) is 11.1. The molecule has 0 amide bonds. The number of unbranched alkanes of at least 4 members (excludes halogenated alkanes) is 1. The average molecular weight is 228 g/mol. The van der Waals surface area contributed by atoms with Gasteiger partial charge in [-0.15, -0.1) is 0 Å². The van der Waals surface area contributed by atoms with Crippen LogP contribution >= 0.6 is 0 Å². The first-order valence-corrected chi connectivity index (χ1v) is 5.84. The third-order valence-electron chi connectivity index (χ3n) is 2.59. The smallest absolute Gasteiger partial charge is 0.133 e. The Morgan fingerprint density at radius 3 is 2.88 bits per heavy atom. The summed E-state index contributed by atoms with van der Waals surface area (Å²) in [4.78, 5) is 0. The topological polar surface area (TPSA) is 33.4 Å². The molecule has 2 aromatic rings. The first-order valence-electron chi connectivity index (χ1n) is 5.84. The number of phenols is 1. The van der Waals surface area contributed by atoms with Gasteiger partial charge in [0.1, 0.15) is 11.5 Å². The average Bonchev–Trinajstić information content (AvgIpc) is 2.85. The van der Waals surface area contributed by atoms with Crippen LogP contribution in [0.5, 0.6) is 5.75 Å². The predicted octanol–water partition coefficient (Wildman–Crippen LogP) is 4.47. The summed E-state index contributed by atoms with van der Waals surface area (Å²) in [6.45, 7) is 2.13. The van der Waals surface area contributed by atoms with E-state index in [4.69, 9.17) is 4.42 Å². The number of hydrogen-bond acceptors (Lipinski definition) is 2. The van der Waals surface area contributed by atoms with Gasteiger partial charge in [0.05, 0.1) is 6.26 Å². The van der Waals surface area contributed by atoms with Crippen LogP contribution in [0.2, 0.25) is 0 Å². The van der Waals surface area contributed by atoms with Gasteiger partial charge in [0.25, 0.3) is 0 Å². The van der Waals surface area contributed by atoms with Gasteiger partial charge >= 0.3 is 0 Å². The van der Waals surface area contributed by atoms with Gasteiger partial charge < -0.3 is 9.52 Å². The monoisotopic (exact) mass is 228 g/mol. The van der Waals surface area contributed by atoms with Crippen molar-refractivity contribution in [2.24, 2.45) is 0 Å². The molecule has 88 valence electrons. The minimum atomic E-state index is 0.299. The highest BCUT2D eigenvalue weighted by Crippen LogP contribution is 2.27. The number of phenolic OH excluding ortho intramolecular Hbond substituents is 1. The Bertz CT molecular complexity index is 496. The van der Waals surface area contributed by atoms with E-state index in [1.165, 1.54) is 0 Å². The number of hydrogen-bond donors (Lipinski definition) is 1. The molecular weight excluding hydrogens is 212 g/mol. The van der Waals surface area contributed by atoms with Crippen molar-refractivity contribution in [3.63, 3.8) is 0 Å². The van der Waals surface area contributed by atoms with Crippen LogP contribution in [0, 0.1) is 0 Å². The lowest BCUT2D eigenvalue weighted by Crippen LogP contribution is -1.79. The fourth-order valence-corrected chi connectivity index (χ4v) is 1.66. The molecule has 0 atom stereocenters. The lowest BCUT2D eigenvalue weighted by molar-refractivity contribution is 0.474. The largest absolute Gasteiger partial charge is 0.507 e. The number of benzene rings is 1. The van der Waals surface area contributed by atoms with Crippen molar-refractivity contribution < 1.29 is 9.52 Å². The van der Waals surface area contributed by atoms with Gasteiger partial charge in [-0.1, -0.05) is 25.5 Å². The highest BCUT2D eigenvalue weighted by atomic mass is 16.3. The first-order chi connectivity index (χ1) is 8.31. The lowest BCUT2D eigenvalue weighted by atomic mass is 10.1. The Morgan fingerprint density at radius 2 is 2.18 bits per heavy atom. The standard InChI is InChI=1S/C15H16O2/c1-2-3-4-6-12-11-13(8-9-14(12)16)15-7-5-10-17-15/h4-11,16H,2-3H2,1H3/b6-4-. The van der Waals surface area contributed by atoms with E-state index >= 15 is 0 Å². The van der Waals surface area contributed by atoms with Crippen LogP contribution in [0.1, 0.15) is 25.3 Å². The molecule has 17 heavy (non-hydrogen) atoms. The predicted molar refractivity (Wildman–Crippen MR) is 69.8 cm³/mol. The molecule has 2 heteroatoms. The molecule has 0 unspecified atom stereocenters. The second-order valence-electron chi connectivity index (χ2n) is 3.94. The molecule has 0 spiro atoms. The maximum Gasteiger partial charge on any atom is 0.133 e. The molecule has 2 nitrogen and oxygen atoms in total. The van der Waals surface area contributed by atoms with Gasteiger partial charge in [0.15, 0.2) is 0 Å². The van der Waals surface area contributed by atoms with Crippen molar-refractivity contribution in [3.8, 4) is 17.1 Å². The number of aromatic hydroxyl groups is 1. The van der Waals surface area contributed by atoms with Gasteiger partial charge in [-0.25, -0.2) is 0 Å². The van der Waals surface area contributed by atoms with Gasteiger partial charge in [-0.05, 0) is 36.8 Å². The van der Waals surface area contributed by atoms with E-state index in [1.807, 2.05) is 30.3 Å². The van der Waals surface area contributed by atoms with Crippen LogP contribution < -0.4 is 0 Å². The molecule has 0 bridgehead atoms. The second kappa shape index (κ2) is 5.39. The molecule has 0 fully saturated rings. The van der Waals surface area contributed by atoms with E-state index < -0.39 is 0 Å². The van der Waals surface area contributed by atoms with E-state index in [2.05, 4.69) is 13.0 Å². The Hall–Kier alpha value is -1.96. The summed E-state index contributed by atoms with van der Waals surface area (Å²) < 4.78 is 5.33. The van der Waals surface area contributed by atoms with Crippen molar-refractivity contribution in [1.29, 1.82) is 0 Å². The van der Waals surface area contributed by atoms with Crippen LogP contribution in [-0.4, -0.2) is 5.11 Å². The van der Waals surface area contributed by atoms with Crippen molar-refractivity contribution in [2.75, 3.05) is 0 Å². The minimum Gasteiger partial charge on any atom is -0.507 e. The summed E-state index contributed by atoms with van der Waals surface area (Å²) in [6.07, 6.45) is 7.79. The van der Waals surface area contributed by atoms with Crippen molar-refractivity contribution in [2.45, 2.75) is 19.8 Å². The quantitative estimate of drug-likeness (QED) is 0.837. The summed E-state index contributed by atoms with van der Waals surface area (Å²) >= 11 is 0. The summed E-state index contributed by atoms with van der Waals surface area (Å²) in [7, 11) is 0. The maximum atomic E-state index is 9.75. The number of rotatable bonds is 4. The molecule has 0 aliphatic rings. The molecule has 0 aliphatic heterocycles.